The summed E-state index contributed by atoms with van der Waals surface area (Å²) in [6.07, 6.45) is 2.12. The Balaban J connectivity index is 0. The van der Waals surface area contributed by atoms with Gasteiger partial charge in [-0.15, -0.1) is 0 Å². The maximum Gasteiger partial charge on any atom is 0.123 e. The van der Waals surface area contributed by atoms with Crippen LogP contribution in [0.15, 0.2) is 0 Å². The van der Waals surface area contributed by atoms with Gasteiger partial charge in [0, 0.05) is 23.5 Å². The van der Waals surface area contributed by atoms with E-state index in [-0.39, 0.29) is 5.92 Å². The summed E-state index contributed by atoms with van der Waals surface area (Å²) in [5, 5.41) is 34.5. The number of rotatable bonds is 6. The number of hydrogen-bond donors (Lipinski definition) is 0. The van der Waals surface area contributed by atoms with Crippen LogP contribution >= 0.6 is 47.8 Å². The van der Waals surface area contributed by atoms with Crippen LogP contribution < -0.4 is 0 Å². The molecule has 4 nitrogen and oxygen atoms in total. The minimum atomic E-state index is -0.553. The zero-order valence-corrected chi connectivity index (χ0v) is 15.0. The van der Waals surface area contributed by atoms with Crippen LogP contribution in [-0.4, -0.2) is 15.0 Å². The van der Waals surface area contributed by atoms with Gasteiger partial charge in [0.15, 0.2) is 0 Å². The number of halogens is 3. The lowest BCUT2D eigenvalue weighted by Gasteiger charge is -2.12. The molecule has 7 heteroatoms. The summed E-state index contributed by atoms with van der Waals surface area (Å²) in [6.45, 7) is 0. The second-order valence-electron chi connectivity index (χ2n) is 3.55. The molecule has 0 amide bonds. The van der Waals surface area contributed by atoms with E-state index in [0.717, 1.165) is 0 Å². The maximum atomic E-state index is 8.58. The van der Waals surface area contributed by atoms with Gasteiger partial charge in [0.25, 0.3) is 0 Å². The van der Waals surface area contributed by atoms with Gasteiger partial charge in [0.2, 0.25) is 0 Å². The predicted octanol–water partition coefficient (Wildman–Crippen LogP) is 4.17. The molecule has 0 aromatic rings. The van der Waals surface area contributed by atoms with Crippen LogP contribution in [0.5, 0.6) is 0 Å². The Hall–Kier alpha value is -0.600. The van der Waals surface area contributed by atoms with Gasteiger partial charge >= 0.3 is 0 Å². The molecule has 0 aromatic heterocycles. The Morgan fingerprint density at radius 3 is 1.89 bits per heavy atom. The molecule has 0 saturated heterocycles. The molecule has 2 atom stereocenters. The standard InChI is InChI=1S/C6H6Br2N2.C6H7BrN2/c7-4-6(8,5-10)2-1-3-9;7-4-6(5-9)2-1-3-8/h1-2,4H2;6H,1-2,4H2. The monoisotopic (exact) mass is 450 g/mol. The van der Waals surface area contributed by atoms with Gasteiger partial charge in [-0.3, -0.25) is 0 Å². The van der Waals surface area contributed by atoms with E-state index in [9.17, 15) is 0 Å². The molecule has 0 fully saturated rings. The SMILES string of the molecule is N#CCCC(Br)(C#N)CBr.N#CCCC(C#N)CBr. The summed E-state index contributed by atoms with van der Waals surface area (Å²) < 4.78 is -0.553. The van der Waals surface area contributed by atoms with E-state index in [2.05, 4.69) is 59.9 Å². The first-order valence-corrected chi connectivity index (χ1v) is 8.42. The first kappa shape index (κ1) is 20.7. The van der Waals surface area contributed by atoms with Crippen molar-refractivity contribution < 1.29 is 0 Å². The van der Waals surface area contributed by atoms with Crippen molar-refractivity contribution in [2.24, 2.45) is 5.92 Å². The average molecular weight is 453 g/mol. The van der Waals surface area contributed by atoms with Gasteiger partial charge in [0.1, 0.15) is 4.32 Å². The van der Waals surface area contributed by atoms with Gasteiger partial charge in [-0.2, -0.15) is 21.0 Å². The van der Waals surface area contributed by atoms with Crippen molar-refractivity contribution in [3.8, 4) is 24.3 Å². The van der Waals surface area contributed by atoms with Crippen molar-refractivity contribution in [1.29, 1.82) is 21.0 Å². The molecule has 0 aliphatic carbocycles. The molecular formula is C12H13Br3N4. The highest BCUT2D eigenvalue weighted by atomic mass is 79.9. The van der Waals surface area contributed by atoms with E-state index in [0.29, 0.717) is 36.3 Å². The Morgan fingerprint density at radius 2 is 1.58 bits per heavy atom. The minimum Gasteiger partial charge on any atom is -0.198 e. The fourth-order valence-electron chi connectivity index (χ4n) is 0.822. The van der Waals surface area contributed by atoms with Crippen LogP contribution in [-0.2, 0) is 0 Å². The Labute approximate surface area is 139 Å². The first-order chi connectivity index (χ1) is 9.03. The number of nitrogens with zero attached hydrogens (tertiary/aromatic N) is 4. The van der Waals surface area contributed by atoms with Crippen LogP contribution in [0.25, 0.3) is 0 Å². The van der Waals surface area contributed by atoms with E-state index in [1.807, 2.05) is 12.1 Å². The van der Waals surface area contributed by atoms with Crippen molar-refractivity contribution in [3.05, 3.63) is 0 Å². The summed E-state index contributed by atoms with van der Waals surface area (Å²) >= 11 is 9.58. The zero-order valence-electron chi connectivity index (χ0n) is 10.2. The van der Waals surface area contributed by atoms with Gasteiger partial charge in [-0.05, 0) is 12.8 Å². The third kappa shape index (κ3) is 12.2. The Bertz CT molecular complexity index is 399. The van der Waals surface area contributed by atoms with Crippen molar-refractivity contribution in [2.75, 3.05) is 10.7 Å². The summed E-state index contributed by atoms with van der Waals surface area (Å²) in [5.74, 6) is 0.00431. The highest BCUT2D eigenvalue weighted by molar-refractivity contribution is 9.12. The highest BCUT2D eigenvalue weighted by Gasteiger charge is 2.23. The van der Waals surface area contributed by atoms with Crippen LogP contribution in [0.3, 0.4) is 0 Å². The molecule has 0 N–H and O–H groups in total. The van der Waals surface area contributed by atoms with E-state index < -0.39 is 4.32 Å². The number of nitriles is 4. The van der Waals surface area contributed by atoms with Crippen molar-refractivity contribution in [1.82, 2.24) is 0 Å². The fourth-order valence-corrected chi connectivity index (χ4v) is 1.89. The second-order valence-corrected chi connectivity index (χ2v) is 6.27. The van der Waals surface area contributed by atoms with Crippen LogP contribution in [0.4, 0.5) is 0 Å². The molecule has 0 spiro atoms. The zero-order chi connectivity index (χ0) is 15.1. The highest BCUT2D eigenvalue weighted by Crippen LogP contribution is 2.25. The fraction of sp³-hybridized carbons (Fsp3) is 0.667. The summed E-state index contributed by atoms with van der Waals surface area (Å²) in [4.78, 5) is 0. The van der Waals surface area contributed by atoms with Crippen molar-refractivity contribution >= 4 is 47.8 Å². The van der Waals surface area contributed by atoms with Crippen LogP contribution in [0.2, 0.25) is 0 Å². The van der Waals surface area contributed by atoms with Gasteiger partial charge in [0.05, 0.1) is 30.2 Å². The predicted molar refractivity (Wildman–Crippen MR) is 83.7 cm³/mol. The van der Waals surface area contributed by atoms with Crippen LogP contribution in [0, 0.1) is 51.2 Å². The Morgan fingerprint density at radius 1 is 1.00 bits per heavy atom. The average Bonchev–Trinajstić information content (AvgIpc) is 2.46. The lowest BCUT2D eigenvalue weighted by atomic mass is 10.1. The van der Waals surface area contributed by atoms with E-state index in [1.54, 1.807) is 0 Å². The third-order valence-corrected chi connectivity index (χ3v) is 5.36. The van der Waals surface area contributed by atoms with E-state index in [4.69, 9.17) is 21.0 Å². The van der Waals surface area contributed by atoms with E-state index >= 15 is 0 Å². The van der Waals surface area contributed by atoms with Crippen molar-refractivity contribution in [2.45, 2.75) is 30.0 Å². The topological polar surface area (TPSA) is 95.2 Å². The lowest BCUT2D eigenvalue weighted by Crippen LogP contribution is -2.19. The molecule has 0 aliphatic rings. The van der Waals surface area contributed by atoms with E-state index in [1.165, 1.54) is 0 Å². The molecular weight excluding hydrogens is 440 g/mol. The molecule has 0 aliphatic heterocycles. The smallest absolute Gasteiger partial charge is 0.123 e. The normalized spacial score (nSPS) is 13.2. The largest absolute Gasteiger partial charge is 0.198 e. The second kappa shape index (κ2) is 13.8. The molecule has 0 saturated carbocycles. The van der Waals surface area contributed by atoms with Gasteiger partial charge in [-0.1, -0.05) is 47.8 Å². The van der Waals surface area contributed by atoms with Crippen molar-refractivity contribution in [3.63, 3.8) is 0 Å². The number of alkyl halides is 3. The molecule has 0 heterocycles. The molecule has 19 heavy (non-hydrogen) atoms. The summed E-state index contributed by atoms with van der Waals surface area (Å²) in [5.41, 5.74) is 0. The summed E-state index contributed by atoms with van der Waals surface area (Å²) in [6, 6.07) is 8.16. The molecule has 0 bridgehead atoms. The molecule has 2 unspecified atom stereocenters. The van der Waals surface area contributed by atoms with Crippen LogP contribution in [0.1, 0.15) is 25.7 Å². The third-order valence-electron chi connectivity index (χ3n) is 2.02. The minimum absolute atomic E-state index is 0.00431. The molecule has 102 valence electrons. The maximum absolute atomic E-state index is 8.58. The van der Waals surface area contributed by atoms with Gasteiger partial charge < -0.3 is 0 Å². The molecule has 0 rings (SSSR count). The lowest BCUT2D eigenvalue weighted by molar-refractivity contribution is 0.689. The van der Waals surface area contributed by atoms with Gasteiger partial charge in [-0.25, -0.2) is 0 Å². The quantitative estimate of drug-likeness (QED) is 0.565. The molecule has 0 aromatic carbocycles. The first-order valence-electron chi connectivity index (χ1n) is 5.39. The summed E-state index contributed by atoms with van der Waals surface area (Å²) in [7, 11) is 0. The number of hydrogen-bond acceptors (Lipinski definition) is 4. The molecule has 0 radical (unpaired) electrons. The Kier molecular flexibility index (Phi) is 15.1.